The summed E-state index contributed by atoms with van der Waals surface area (Å²) >= 11 is 0. The molecule has 0 spiro atoms. The van der Waals surface area contributed by atoms with Crippen LogP contribution in [0.2, 0.25) is 0 Å². The van der Waals surface area contributed by atoms with Gasteiger partial charge in [0.25, 0.3) is 0 Å². The standard InChI is InChI=1S/C27H34FN3O6S/c1-3-38(34,35)31(22-12-13-24-25(16-22)37-15-14-36-24)18-26(32)30(17-20-8-4-7-11-23(20)28)19(2)27(33)29-21-9-5-6-10-21/h4,7-8,11-13,16,19,21H,3,5-6,9-10,14-15,17-18H2,1-2H3,(H,29,33). The number of hydrogen-bond donors (Lipinski definition) is 1. The molecular weight excluding hydrogens is 513 g/mol. The van der Waals surface area contributed by atoms with Crippen molar-refractivity contribution in [3.8, 4) is 11.5 Å². The van der Waals surface area contributed by atoms with Crippen molar-refractivity contribution in [2.24, 2.45) is 0 Å². The van der Waals surface area contributed by atoms with E-state index in [2.05, 4.69) is 5.32 Å². The van der Waals surface area contributed by atoms with E-state index >= 15 is 0 Å². The van der Waals surface area contributed by atoms with Gasteiger partial charge in [-0.1, -0.05) is 31.0 Å². The van der Waals surface area contributed by atoms with Gasteiger partial charge in [0.05, 0.1) is 11.4 Å². The van der Waals surface area contributed by atoms with Crippen molar-refractivity contribution >= 4 is 27.5 Å². The average Bonchev–Trinajstić information content (AvgIpc) is 3.43. The van der Waals surface area contributed by atoms with Crippen LogP contribution in [0.4, 0.5) is 10.1 Å². The second kappa shape index (κ2) is 12.0. The summed E-state index contributed by atoms with van der Waals surface area (Å²) in [5, 5.41) is 2.99. The van der Waals surface area contributed by atoms with E-state index in [1.54, 1.807) is 37.3 Å². The molecule has 4 rings (SSSR count). The minimum absolute atomic E-state index is 0.0324. The largest absolute Gasteiger partial charge is 0.486 e. The fourth-order valence-corrected chi connectivity index (χ4v) is 5.75. The van der Waals surface area contributed by atoms with Crippen molar-refractivity contribution in [3.05, 3.63) is 53.8 Å². The molecule has 1 N–H and O–H groups in total. The summed E-state index contributed by atoms with van der Waals surface area (Å²) in [7, 11) is -3.90. The molecule has 1 atom stereocenters. The van der Waals surface area contributed by atoms with Gasteiger partial charge in [-0.25, -0.2) is 12.8 Å². The van der Waals surface area contributed by atoms with Gasteiger partial charge in [0.15, 0.2) is 11.5 Å². The van der Waals surface area contributed by atoms with Crippen molar-refractivity contribution in [1.29, 1.82) is 0 Å². The first-order chi connectivity index (χ1) is 18.2. The number of benzene rings is 2. The van der Waals surface area contributed by atoms with Gasteiger partial charge in [-0.05, 0) is 44.9 Å². The minimum Gasteiger partial charge on any atom is -0.486 e. The van der Waals surface area contributed by atoms with E-state index in [-0.39, 0.29) is 35.5 Å². The third-order valence-electron chi connectivity index (χ3n) is 6.96. The highest BCUT2D eigenvalue weighted by molar-refractivity contribution is 7.92. The lowest BCUT2D eigenvalue weighted by molar-refractivity contribution is -0.139. The monoisotopic (exact) mass is 547 g/mol. The van der Waals surface area contributed by atoms with Crippen LogP contribution in [-0.4, -0.2) is 62.7 Å². The lowest BCUT2D eigenvalue weighted by Crippen LogP contribution is -2.52. The smallest absolute Gasteiger partial charge is 0.244 e. The number of fused-ring (bicyclic) bond motifs is 1. The fraction of sp³-hybridized carbons (Fsp3) is 0.481. The summed E-state index contributed by atoms with van der Waals surface area (Å²) in [6.45, 7) is 3.01. The summed E-state index contributed by atoms with van der Waals surface area (Å²) in [4.78, 5) is 28.1. The molecule has 0 bridgehead atoms. The van der Waals surface area contributed by atoms with Gasteiger partial charge in [-0.3, -0.25) is 13.9 Å². The van der Waals surface area contributed by atoms with Crippen LogP contribution in [0.15, 0.2) is 42.5 Å². The average molecular weight is 548 g/mol. The van der Waals surface area contributed by atoms with E-state index in [4.69, 9.17) is 9.47 Å². The van der Waals surface area contributed by atoms with Crippen LogP contribution in [-0.2, 0) is 26.2 Å². The van der Waals surface area contributed by atoms with Gasteiger partial charge in [0.2, 0.25) is 21.8 Å². The molecule has 9 nitrogen and oxygen atoms in total. The first kappa shape index (κ1) is 27.7. The van der Waals surface area contributed by atoms with Crippen LogP contribution < -0.4 is 19.1 Å². The molecule has 2 aromatic rings. The molecular formula is C27H34FN3O6S. The first-order valence-electron chi connectivity index (χ1n) is 12.9. The van der Waals surface area contributed by atoms with Crippen LogP contribution in [0.3, 0.4) is 0 Å². The summed E-state index contributed by atoms with van der Waals surface area (Å²) in [5.41, 5.74) is 0.462. The lowest BCUT2D eigenvalue weighted by Gasteiger charge is -2.32. The predicted octanol–water partition coefficient (Wildman–Crippen LogP) is 3.23. The van der Waals surface area contributed by atoms with Crippen molar-refractivity contribution in [2.45, 2.75) is 58.2 Å². The molecule has 0 saturated heterocycles. The maximum absolute atomic E-state index is 14.6. The Labute approximate surface area is 222 Å². The Morgan fingerprint density at radius 2 is 1.76 bits per heavy atom. The molecule has 1 unspecified atom stereocenters. The van der Waals surface area contributed by atoms with Crippen molar-refractivity contribution in [2.75, 3.05) is 29.8 Å². The predicted molar refractivity (Wildman–Crippen MR) is 141 cm³/mol. The maximum atomic E-state index is 14.6. The topological polar surface area (TPSA) is 105 Å². The SMILES string of the molecule is CCS(=O)(=O)N(CC(=O)N(Cc1ccccc1F)C(C)C(=O)NC1CCCC1)c1ccc2c(c1)OCCO2. The lowest BCUT2D eigenvalue weighted by atomic mass is 10.1. The number of nitrogens with one attached hydrogen (secondary N) is 1. The van der Waals surface area contributed by atoms with E-state index in [1.165, 1.54) is 24.0 Å². The molecule has 2 aliphatic rings. The number of carbonyl (C=O) groups excluding carboxylic acids is 2. The fourth-order valence-electron chi connectivity index (χ4n) is 4.69. The highest BCUT2D eigenvalue weighted by Gasteiger charge is 2.33. The van der Waals surface area contributed by atoms with E-state index in [0.29, 0.717) is 24.7 Å². The maximum Gasteiger partial charge on any atom is 0.244 e. The molecule has 11 heteroatoms. The van der Waals surface area contributed by atoms with Gasteiger partial charge < -0.3 is 19.7 Å². The number of halogens is 1. The quantitative estimate of drug-likeness (QED) is 0.490. The molecule has 38 heavy (non-hydrogen) atoms. The number of hydrogen-bond acceptors (Lipinski definition) is 6. The van der Waals surface area contributed by atoms with Crippen LogP contribution in [0, 0.1) is 5.82 Å². The second-order valence-electron chi connectivity index (χ2n) is 9.51. The molecule has 0 radical (unpaired) electrons. The molecule has 1 saturated carbocycles. The number of anilines is 1. The van der Waals surface area contributed by atoms with E-state index < -0.39 is 34.3 Å². The molecule has 1 fully saturated rings. The Bertz CT molecular complexity index is 1270. The zero-order chi connectivity index (χ0) is 27.3. The van der Waals surface area contributed by atoms with E-state index in [9.17, 15) is 22.4 Å². The molecule has 0 aromatic heterocycles. The number of nitrogens with zero attached hydrogens (tertiary/aromatic N) is 2. The highest BCUT2D eigenvalue weighted by Crippen LogP contribution is 2.35. The molecule has 206 valence electrons. The van der Waals surface area contributed by atoms with Crippen LogP contribution in [0.1, 0.15) is 45.1 Å². The van der Waals surface area contributed by atoms with Gasteiger partial charge in [-0.15, -0.1) is 0 Å². The summed E-state index contributed by atoms with van der Waals surface area (Å²) in [5.74, 6) is -0.887. The molecule has 2 amide bonds. The highest BCUT2D eigenvalue weighted by atomic mass is 32.2. The number of amides is 2. The Morgan fingerprint density at radius 3 is 2.45 bits per heavy atom. The van der Waals surface area contributed by atoms with E-state index in [1.807, 2.05) is 0 Å². The summed E-state index contributed by atoms with van der Waals surface area (Å²) in [6, 6.07) is 9.76. The van der Waals surface area contributed by atoms with Gasteiger partial charge in [-0.2, -0.15) is 0 Å². The third-order valence-corrected chi connectivity index (χ3v) is 8.70. The zero-order valence-corrected chi connectivity index (χ0v) is 22.5. The van der Waals surface area contributed by atoms with Crippen LogP contribution >= 0.6 is 0 Å². The molecule has 1 aliphatic heterocycles. The Balaban J connectivity index is 1.63. The number of sulfonamides is 1. The number of carbonyl (C=O) groups is 2. The first-order valence-corrected chi connectivity index (χ1v) is 14.5. The van der Waals surface area contributed by atoms with Gasteiger partial charge >= 0.3 is 0 Å². The normalized spacial score (nSPS) is 16.1. The zero-order valence-electron chi connectivity index (χ0n) is 21.7. The number of rotatable bonds is 10. The van der Waals surface area contributed by atoms with Gasteiger partial charge in [0.1, 0.15) is 31.6 Å². The second-order valence-corrected chi connectivity index (χ2v) is 11.7. The van der Waals surface area contributed by atoms with Crippen LogP contribution in [0.5, 0.6) is 11.5 Å². The molecule has 1 aliphatic carbocycles. The minimum atomic E-state index is -3.90. The number of ether oxygens (including phenoxy) is 2. The van der Waals surface area contributed by atoms with Gasteiger partial charge in [0, 0.05) is 24.2 Å². The summed E-state index contributed by atoms with van der Waals surface area (Å²) < 4.78 is 52.9. The molecule has 1 heterocycles. The van der Waals surface area contributed by atoms with E-state index in [0.717, 1.165) is 30.0 Å². The summed E-state index contributed by atoms with van der Waals surface area (Å²) in [6.07, 6.45) is 3.78. The van der Waals surface area contributed by atoms with Crippen LogP contribution in [0.25, 0.3) is 0 Å². The molecule has 2 aromatic carbocycles. The Morgan fingerprint density at radius 1 is 1.08 bits per heavy atom. The third kappa shape index (κ3) is 6.38. The van der Waals surface area contributed by atoms with Crippen molar-refractivity contribution in [1.82, 2.24) is 10.2 Å². The van der Waals surface area contributed by atoms with Crippen molar-refractivity contribution in [3.63, 3.8) is 0 Å². The Hall–Kier alpha value is -3.34. The Kier molecular flexibility index (Phi) is 8.76. The van der Waals surface area contributed by atoms with Crippen molar-refractivity contribution < 1.29 is 31.9 Å².